The van der Waals surface area contributed by atoms with Crippen molar-refractivity contribution in [2.24, 2.45) is 0 Å². The van der Waals surface area contributed by atoms with Crippen LogP contribution in [0.2, 0.25) is 0 Å². The Hall–Kier alpha value is -3.40. The van der Waals surface area contributed by atoms with Crippen LogP contribution in [0, 0.1) is 24.0 Å². The van der Waals surface area contributed by atoms with Crippen molar-refractivity contribution in [1.29, 1.82) is 0 Å². The molecule has 0 atom stereocenters. The first-order valence-corrected chi connectivity index (χ1v) is 10.2. The third kappa shape index (κ3) is 5.15. The largest absolute Gasteiger partial charge is 0.490 e. The minimum absolute atomic E-state index is 0.0890. The molecule has 9 nitrogen and oxygen atoms in total. The lowest BCUT2D eigenvalue weighted by molar-refractivity contribution is -0.385. The summed E-state index contributed by atoms with van der Waals surface area (Å²) in [5.41, 5.74) is 3.13. The molecule has 1 N–H and O–H groups in total. The summed E-state index contributed by atoms with van der Waals surface area (Å²) in [6.07, 6.45) is 1.58. The number of carbonyl (C=O) groups is 1. The van der Waals surface area contributed by atoms with E-state index in [1.54, 1.807) is 35.1 Å². The zero-order valence-corrected chi connectivity index (χ0v) is 17.6. The van der Waals surface area contributed by atoms with E-state index >= 15 is 0 Å². The number of pyridine rings is 1. The summed E-state index contributed by atoms with van der Waals surface area (Å²) < 4.78 is 6.73. The van der Waals surface area contributed by atoms with Gasteiger partial charge >= 0.3 is 5.69 Å². The number of methoxy groups -OCH3 is 1. The molecule has 0 unspecified atom stereocenters. The number of benzene rings is 1. The zero-order valence-electron chi connectivity index (χ0n) is 16.8. The van der Waals surface area contributed by atoms with Gasteiger partial charge in [-0.3, -0.25) is 14.9 Å². The molecule has 0 radical (unpaired) electrons. The minimum Gasteiger partial charge on any atom is -0.490 e. The molecule has 3 rings (SSSR count). The molecule has 1 amide bonds. The van der Waals surface area contributed by atoms with Crippen LogP contribution in [-0.2, 0) is 10.5 Å². The van der Waals surface area contributed by atoms with E-state index < -0.39 is 4.92 Å². The molecule has 1 aromatic carbocycles. The molecule has 0 bridgehead atoms. The van der Waals surface area contributed by atoms with E-state index in [2.05, 4.69) is 15.4 Å². The molecule has 0 aliphatic heterocycles. The van der Waals surface area contributed by atoms with Crippen molar-refractivity contribution >= 4 is 29.0 Å². The molecule has 0 saturated carbocycles. The number of aryl methyl sites for hydroxylation is 2. The van der Waals surface area contributed by atoms with Gasteiger partial charge in [-0.2, -0.15) is 5.10 Å². The number of nitro groups is 1. The second-order valence-corrected chi connectivity index (χ2v) is 7.53. The van der Waals surface area contributed by atoms with Crippen molar-refractivity contribution in [1.82, 2.24) is 14.8 Å². The first-order chi connectivity index (χ1) is 14.4. The average molecular weight is 427 g/mol. The standard InChI is InChI=1S/C20H21N5O4S/c1-13-8-14(2)24(23-13)19-7-5-16(10-21-19)22-20(26)12-30-11-15-4-6-18(29-3)17(9-15)25(27)28/h4-10H,11-12H2,1-3H3,(H,22,26). The van der Waals surface area contributed by atoms with Gasteiger partial charge in [-0.15, -0.1) is 11.8 Å². The van der Waals surface area contributed by atoms with E-state index in [1.165, 1.54) is 24.9 Å². The molecular formula is C20H21N5O4S. The smallest absolute Gasteiger partial charge is 0.311 e. The van der Waals surface area contributed by atoms with E-state index in [-0.39, 0.29) is 23.1 Å². The van der Waals surface area contributed by atoms with Gasteiger partial charge in [-0.1, -0.05) is 6.07 Å². The number of carbonyl (C=O) groups excluding carboxylic acids is 1. The number of aromatic nitrogens is 3. The fraction of sp³-hybridized carbons (Fsp3) is 0.250. The molecule has 2 heterocycles. The Kier molecular flexibility index (Phi) is 6.68. The highest BCUT2D eigenvalue weighted by Gasteiger charge is 2.15. The van der Waals surface area contributed by atoms with Crippen LogP contribution in [0.3, 0.4) is 0 Å². The SMILES string of the molecule is COc1ccc(CSCC(=O)Nc2ccc(-n3nc(C)cc3C)nc2)cc1[N+](=O)[O-]. The lowest BCUT2D eigenvalue weighted by Crippen LogP contribution is -2.14. The van der Waals surface area contributed by atoms with Gasteiger partial charge in [-0.05, 0) is 43.7 Å². The Morgan fingerprint density at radius 1 is 1.27 bits per heavy atom. The van der Waals surface area contributed by atoms with Crippen molar-refractivity contribution in [3.05, 3.63) is 69.7 Å². The number of hydrogen-bond donors (Lipinski definition) is 1. The van der Waals surface area contributed by atoms with Gasteiger partial charge in [0.2, 0.25) is 5.91 Å². The summed E-state index contributed by atoms with van der Waals surface area (Å²) in [6, 6.07) is 10.3. The van der Waals surface area contributed by atoms with E-state index in [0.717, 1.165) is 17.0 Å². The van der Waals surface area contributed by atoms with E-state index in [9.17, 15) is 14.9 Å². The highest BCUT2D eigenvalue weighted by molar-refractivity contribution is 7.99. The van der Waals surface area contributed by atoms with Gasteiger partial charge in [0.25, 0.3) is 0 Å². The predicted octanol–water partition coefficient (Wildman–Crippen LogP) is 3.67. The predicted molar refractivity (Wildman–Crippen MR) is 115 cm³/mol. The van der Waals surface area contributed by atoms with Crippen LogP contribution in [0.15, 0.2) is 42.6 Å². The number of ether oxygens (including phenoxy) is 1. The maximum absolute atomic E-state index is 12.2. The van der Waals surface area contributed by atoms with Crippen molar-refractivity contribution in [3.63, 3.8) is 0 Å². The number of rotatable bonds is 8. The van der Waals surface area contributed by atoms with E-state index in [0.29, 0.717) is 17.3 Å². The molecule has 0 aliphatic rings. The number of anilines is 1. The lowest BCUT2D eigenvalue weighted by Gasteiger charge is -2.08. The molecular weight excluding hydrogens is 406 g/mol. The second kappa shape index (κ2) is 9.40. The maximum atomic E-state index is 12.2. The van der Waals surface area contributed by atoms with Gasteiger partial charge in [-0.25, -0.2) is 9.67 Å². The fourth-order valence-corrected chi connectivity index (χ4v) is 3.65. The van der Waals surface area contributed by atoms with Crippen LogP contribution in [0.1, 0.15) is 17.0 Å². The Balaban J connectivity index is 1.53. The van der Waals surface area contributed by atoms with Crippen molar-refractivity contribution < 1.29 is 14.5 Å². The van der Waals surface area contributed by atoms with Crippen LogP contribution in [0.5, 0.6) is 5.75 Å². The number of amides is 1. The van der Waals surface area contributed by atoms with Crippen LogP contribution in [-0.4, -0.2) is 38.5 Å². The number of nitro benzene ring substituents is 1. The lowest BCUT2D eigenvalue weighted by atomic mass is 10.2. The van der Waals surface area contributed by atoms with Gasteiger partial charge in [0.1, 0.15) is 0 Å². The molecule has 3 aromatic rings. The number of thioether (sulfide) groups is 1. The maximum Gasteiger partial charge on any atom is 0.311 e. The molecule has 0 saturated heterocycles. The minimum atomic E-state index is -0.484. The van der Waals surface area contributed by atoms with Gasteiger partial charge in [0.15, 0.2) is 11.6 Å². The quantitative estimate of drug-likeness (QED) is 0.431. The van der Waals surface area contributed by atoms with Crippen molar-refractivity contribution in [3.8, 4) is 11.6 Å². The number of nitrogens with one attached hydrogen (secondary N) is 1. The first kappa shape index (κ1) is 21.3. The normalized spacial score (nSPS) is 10.6. The van der Waals surface area contributed by atoms with Gasteiger partial charge in [0, 0.05) is 17.5 Å². The molecule has 0 spiro atoms. The van der Waals surface area contributed by atoms with Crippen molar-refractivity contribution in [2.75, 3.05) is 18.2 Å². The Morgan fingerprint density at radius 3 is 2.67 bits per heavy atom. The van der Waals surface area contributed by atoms with Crippen LogP contribution < -0.4 is 10.1 Å². The van der Waals surface area contributed by atoms with Crippen LogP contribution in [0.25, 0.3) is 5.82 Å². The summed E-state index contributed by atoms with van der Waals surface area (Å²) in [6.45, 7) is 3.87. The molecule has 156 valence electrons. The second-order valence-electron chi connectivity index (χ2n) is 6.55. The Labute approximate surface area is 177 Å². The van der Waals surface area contributed by atoms with Crippen LogP contribution in [0.4, 0.5) is 11.4 Å². The van der Waals surface area contributed by atoms with E-state index in [4.69, 9.17) is 4.74 Å². The summed E-state index contributed by atoms with van der Waals surface area (Å²) >= 11 is 1.36. The van der Waals surface area contributed by atoms with Crippen molar-refractivity contribution in [2.45, 2.75) is 19.6 Å². The number of nitrogens with zero attached hydrogens (tertiary/aromatic N) is 4. The molecule has 2 aromatic heterocycles. The summed E-state index contributed by atoms with van der Waals surface area (Å²) in [7, 11) is 1.39. The third-order valence-corrected chi connectivity index (χ3v) is 5.20. The highest BCUT2D eigenvalue weighted by atomic mass is 32.2. The summed E-state index contributed by atoms with van der Waals surface area (Å²) in [5.74, 6) is 1.38. The Morgan fingerprint density at radius 2 is 2.07 bits per heavy atom. The fourth-order valence-electron chi connectivity index (χ4n) is 2.87. The van der Waals surface area contributed by atoms with E-state index in [1.807, 2.05) is 19.9 Å². The molecule has 0 aliphatic carbocycles. The molecule has 30 heavy (non-hydrogen) atoms. The third-order valence-electron chi connectivity index (χ3n) is 4.20. The average Bonchev–Trinajstić information content (AvgIpc) is 3.06. The molecule has 0 fully saturated rings. The monoisotopic (exact) mass is 427 g/mol. The number of hydrogen-bond acceptors (Lipinski definition) is 7. The summed E-state index contributed by atoms with van der Waals surface area (Å²) in [4.78, 5) is 27.1. The zero-order chi connectivity index (χ0) is 21.7. The van der Waals surface area contributed by atoms with Crippen LogP contribution >= 0.6 is 11.8 Å². The topological polar surface area (TPSA) is 112 Å². The van der Waals surface area contributed by atoms with Gasteiger partial charge < -0.3 is 10.1 Å². The molecule has 10 heteroatoms. The first-order valence-electron chi connectivity index (χ1n) is 9.06. The van der Waals surface area contributed by atoms with Gasteiger partial charge in [0.05, 0.1) is 35.4 Å². The summed E-state index contributed by atoms with van der Waals surface area (Å²) in [5, 5.41) is 18.3. The Bertz CT molecular complexity index is 1070. The highest BCUT2D eigenvalue weighted by Crippen LogP contribution is 2.29.